The molecule has 0 fully saturated rings. The Kier molecular flexibility index (Phi) is 7.96. The van der Waals surface area contributed by atoms with Crippen LogP contribution in [0.1, 0.15) is 23.7 Å². The van der Waals surface area contributed by atoms with Crippen LogP contribution in [0.25, 0.3) is 80.4 Å². The lowest BCUT2D eigenvalue weighted by atomic mass is 9.87. The average Bonchev–Trinajstić information content (AvgIpc) is 4.01. The molecule has 7 aromatic carbocycles. The Morgan fingerprint density at radius 2 is 1.22 bits per heavy atom. The first-order valence-corrected chi connectivity index (χ1v) is 21.4. The minimum Gasteiger partial charge on any atom is -0.313 e. The average molecular weight is 792 g/mol. The summed E-state index contributed by atoms with van der Waals surface area (Å²) in [6.45, 7) is 0. The van der Waals surface area contributed by atoms with E-state index < -0.39 is 0 Å². The standard InChI is InChI=1S/C52H33N5S2/c1-3-13-32(14-4-1)49-54-50(35-25-27-45-41(31-35)38-19-7-9-23-44(38)57(45)37-17-5-2-6-18-37)56-51(55-49)40-21-12-20-39-42-30-34(26-28-46(42)58-48(39)40)33-15-11-16-36(29-33)52-53-43-22-8-10-24-47(43)59-52/h1-30,41H,31H2. The molecule has 0 amide bonds. The summed E-state index contributed by atoms with van der Waals surface area (Å²) in [5.41, 5.74) is 12.6. The number of anilines is 2. The number of hydrogen-bond donors (Lipinski definition) is 0. The maximum Gasteiger partial charge on any atom is 0.165 e. The molecule has 1 aliphatic carbocycles. The van der Waals surface area contributed by atoms with Crippen LogP contribution in [-0.2, 0) is 0 Å². The van der Waals surface area contributed by atoms with Gasteiger partial charge in [-0.2, -0.15) is 0 Å². The molecule has 59 heavy (non-hydrogen) atoms. The van der Waals surface area contributed by atoms with Crippen LogP contribution in [0.3, 0.4) is 0 Å². The fourth-order valence-electron chi connectivity index (χ4n) is 8.69. The van der Waals surface area contributed by atoms with Crippen LogP contribution in [0.5, 0.6) is 0 Å². The van der Waals surface area contributed by atoms with E-state index in [1.165, 1.54) is 58.6 Å². The number of rotatable bonds is 6. The van der Waals surface area contributed by atoms with E-state index in [0.29, 0.717) is 17.5 Å². The molecule has 0 saturated heterocycles. The van der Waals surface area contributed by atoms with E-state index in [4.69, 9.17) is 19.9 Å². The number of aromatic nitrogens is 4. The van der Waals surface area contributed by atoms with E-state index in [-0.39, 0.29) is 5.92 Å². The molecule has 0 N–H and O–H groups in total. The lowest BCUT2D eigenvalue weighted by Gasteiger charge is -2.26. The second-order valence-corrected chi connectivity index (χ2v) is 17.1. The van der Waals surface area contributed by atoms with Gasteiger partial charge < -0.3 is 4.90 Å². The molecule has 1 atom stereocenters. The molecule has 1 unspecified atom stereocenters. The molecule has 0 spiro atoms. The van der Waals surface area contributed by atoms with E-state index in [0.717, 1.165) is 39.2 Å². The van der Waals surface area contributed by atoms with Crippen molar-refractivity contribution in [2.24, 2.45) is 0 Å². The van der Waals surface area contributed by atoms with Crippen LogP contribution >= 0.6 is 22.7 Å². The summed E-state index contributed by atoms with van der Waals surface area (Å²) in [6, 6.07) is 60.1. The van der Waals surface area contributed by atoms with Crippen molar-refractivity contribution < 1.29 is 0 Å². The zero-order valence-corrected chi connectivity index (χ0v) is 33.3. The van der Waals surface area contributed by atoms with Gasteiger partial charge in [0.2, 0.25) is 0 Å². The molecule has 0 radical (unpaired) electrons. The highest BCUT2D eigenvalue weighted by Crippen LogP contribution is 2.52. The first-order chi connectivity index (χ1) is 29.2. The molecule has 5 nitrogen and oxygen atoms in total. The molecule has 4 heterocycles. The number of thiazole rings is 1. The van der Waals surface area contributed by atoms with E-state index in [9.17, 15) is 0 Å². The van der Waals surface area contributed by atoms with Gasteiger partial charge in [-0.1, -0.05) is 121 Å². The SMILES string of the molecule is C1=C(c2nc(-c3ccccc3)nc(-c3cccc4c3sc3ccc(-c5cccc(-c6nc7ccccc7s6)c5)cc34)n2)CC2C(=C1)N(c1ccccc1)c1ccccc12. The molecule has 0 saturated carbocycles. The van der Waals surface area contributed by atoms with Crippen LogP contribution in [0.15, 0.2) is 188 Å². The van der Waals surface area contributed by atoms with Crippen molar-refractivity contribution in [3.63, 3.8) is 0 Å². The predicted octanol–water partition coefficient (Wildman–Crippen LogP) is 14.1. The van der Waals surface area contributed by atoms with Gasteiger partial charge in [0.15, 0.2) is 17.5 Å². The summed E-state index contributed by atoms with van der Waals surface area (Å²) in [7, 11) is 0. The zero-order valence-electron chi connectivity index (χ0n) is 31.7. The fraction of sp³-hybridized carbons (Fsp3) is 0.0385. The normalized spacial score (nSPS) is 14.7. The maximum absolute atomic E-state index is 5.31. The fourth-order valence-corrected chi connectivity index (χ4v) is 10.8. The molecule has 10 aromatic rings. The van der Waals surface area contributed by atoms with Crippen LogP contribution in [0.4, 0.5) is 11.4 Å². The number of para-hydroxylation sites is 3. The van der Waals surface area contributed by atoms with Crippen LogP contribution in [0, 0.1) is 0 Å². The molecule has 3 aromatic heterocycles. The zero-order chi connectivity index (χ0) is 38.9. The Balaban J connectivity index is 0.957. The minimum absolute atomic E-state index is 0.189. The Bertz CT molecular complexity index is 3290. The third-order valence-corrected chi connectivity index (χ3v) is 13.8. The van der Waals surface area contributed by atoms with Crippen LogP contribution in [0.2, 0.25) is 0 Å². The highest BCUT2D eigenvalue weighted by molar-refractivity contribution is 7.26. The van der Waals surface area contributed by atoms with Crippen molar-refractivity contribution >= 4 is 70.0 Å². The number of allylic oxidation sites excluding steroid dienone is 4. The number of hydrogen-bond acceptors (Lipinski definition) is 7. The van der Waals surface area contributed by atoms with Crippen LogP contribution < -0.4 is 4.90 Å². The molecular formula is C52H33N5S2. The smallest absolute Gasteiger partial charge is 0.165 e. The summed E-state index contributed by atoms with van der Waals surface area (Å²) >= 11 is 3.53. The highest BCUT2D eigenvalue weighted by atomic mass is 32.1. The number of thiophene rings is 1. The summed E-state index contributed by atoms with van der Waals surface area (Å²) < 4.78 is 3.60. The third kappa shape index (κ3) is 5.81. The Hall–Kier alpha value is -7.06. The monoisotopic (exact) mass is 791 g/mol. The van der Waals surface area contributed by atoms with E-state index >= 15 is 0 Å². The summed E-state index contributed by atoms with van der Waals surface area (Å²) in [4.78, 5) is 23.0. The number of fused-ring (bicyclic) bond motifs is 7. The van der Waals surface area contributed by atoms with Gasteiger partial charge in [0.25, 0.3) is 0 Å². The molecular weight excluding hydrogens is 759 g/mol. The predicted molar refractivity (Wildman–Crippen MR) is 246 cm³/mol. The van der Waals surface area contributed by atoms with Crippen LogP contribution in [-0.4, -0.2) is 19.9 Å². The Morgan fingerprint density at radius 3 is 2.12 bits per heavy atom. The van der Waals surface area contributed by atoms with E-state index in [1.54, 1.807) is 22.7 Å². The first-order valence-electron chi connectivity index (χ1n) is 19.8. The summed E-state index contributed by atoms with van der Waals surface area (Å²) in [6.07, 6.45) is 5.27. The van der Waals surface area contributed by atoms with Gasteiger partial charge >= 0.3 is 0 Å². The number of nitrogens with zero attached hydrogens (tertiary/aromatic N) is 5. The van der Waals surface area contributed by atoms with Gasteiger partial charge in [0.05, 0.1) is 10.2 Å². The first kappa shape index (κ1) is 34.0. The van der Waals surface area contributed by atoms with Gasteiger partial charge in [-0.15, -0.1) is 22.7 Å². The second kappa shape index (κ2) is 13.8. The summed E-state index contributed by atoms with van der Waals surface area (Å²) in [5.74, 6) is 2.26. The van der Waals surface area contributed by atoms with E-state index in [2.05, 4.69) is 163 Å². The summed E-state index contributed by atoms with van der Waals surface area (Å²) in [5, 5.41) is 3.46. The van der Waals surface area contributed by atoms with Gasteiger partial charge in [-0.25, -0.2) is 19.9 Å². The quantitative estimate of drug-likeness (QED) is 0.168. The lowest BCUT2D eigenvalue weighted by molar-refractivity contribution is 0.822. The molecule has 12 rings (SSSR count). The molecule has 0 bridgehead atoms. The molecule has 1 aliphatic heterocycles. The van der Waals surface area contributed by atoms with Crippen molar-refractivity contribution in [3.8, 4) is 44.5 Å². The molecule has 278 valence electrons. The molecule has 7 heteroatoms. The van der Waals surface area contributed by atoms with Gasteiger partial charge in [0, 0.05) is 59.9 Å². The van der Waals surface area contributed by atoms with E-state index in [1.807, 2.05) is 24.3 Å². The van der Waals surface area contributed by atoms with Crippen molar-refractivity contribution in [1.29, 1.82) is 0 Å². The van der Waals surface area contributed by atoms with Gasteiger partial charge in [-0.05, 0) is 89.4 Å². The largest absolute Gasteiger partial charge is 0.313 e. The van der Waals surface area contributed by atoms with Crippen molar-refractivity contribution in [3.05, 3.63) is 199 Å². The van der Waals surface area contributed by atoms with Gasteiger partial charge in [0.1, 0.15) is 5.01 Å². The Labute approximate surface area is 349 Å². The highest BCUT2D eigenvalue weighted by Gasteiger charge is 2.37. The topological polar surface area (TPSA) is 54.8 Å². The molecule has 2 aliphatic rings. The van der Waals surface area contributed by atoms with Crippen molar-refractivity contribution in [2.75, 3.05) is 4.90 Å². The van der Waals surface area contributed by atoms with Crippen molar-refractivity contribution in [1.82, 2.24) is 19.9 Å². The third-order valence-electron chi connectivity index (χ3n) is 11.5. The number of benzene rings is 7. The van der Waals surface area contributed by atoms with Crippen molar-refractivity contribution in [2.45, 2.75) is 12.3 Å². The maximum atomic E-state index is 5.31. The van der Waals surface area contributed by atoms with Gasteiger partial charge in [-0.3, -0.25) is 0 Å². The Morgan fingerprint density at radius 1 is 0.492 bits per heavy atom. The minimum atomic E-state index is 0.189. The lowest BCUT2D eigenvalue weighted by Crippen LogP contribution is -2.16. The second-order valence-electron chi connectivity index (χ2n) is 15.0.